The molecule has 2 aromatic rings. The molecule has 1 N–H and O–H groups in total. The maximum Gasteiger partial charge on any atom is 0.358 e. The number of hydrogen-bond donors (Lipinski definition) is 1. The molecule has 0 unspecified atom stereocenters. The minimum atomic E-state index is -1.28. The summed E-state index contributed by atoms with van der Waals surface area (Å²) >= 11 is 2.96. The molecule has 0 bridgehead atoms. The van der Waals surface area contributed by atoms with E-state index in [1.54, 1.807) is 0 Å². The van der Waals surface area contributed by atoms with Gasteiger partial charge in [-0.3, -0.25) is 10.1 Å². The SMILES string of the molecule is O=C(O)c1cc(COc2c(Br)cc(F)cc2[N+](=O)[O-])on1. The van der Waals surface area contributed by atoms with E-state index in [-0.39, 0.29) is 28.3 Å². The zero-order chi connectivity index (χ0) is 15.6. The third-order valence-electron chi connectivity index (χ3n) is 2.32. The van der Waals surface area contributed by atoms with Crippen molar-refractivity contribution < 1.29 is 28.5 Å². The van der Waals surface area contributed by atoms with Gasteiger partial charge in [0, 0.05) is 6.07 Å². The van der Waals surface area contributed by atoms with Crippen molar-refractivity contribution in [1.29, 1.82) is 0 Å². The molecule has 0 spiro atoms. The highest BCUT2D eigenvalue weighted by molar-refractivity contribution is 9.10. The maximum absolute atomic E-state index is 13.1. The predicted octanol–water partition coefficient (Wildman–Crippen LogP) is 2.76. The van der Waals surface area contributed by atoms with Crippen LogP contribution in [0.4, 0.5) is 10.1 Å². The minimum absolute atomic E-state index is 0.0483. The van der Waals surface area contributed by atoms with Gasteiger partial charge in [0.25, 0.3) is 0 Å². The zero-order valence-corrected chi connectivity index (χ0v) is 11.7. The maximum atomic E-state index is 13.1. The van der Waals surface area contributed by atoms with Crippen molar-refractivity contribution >= 4 is 27.6 Å². The van der Waals surface area contributed by atoms with E-state index in [4.69, 9.17) is 14.4 Å². The summed E-state index contributed by atoms with van der Waals surface area (Å²) < 4.78 is 23.1. The van der Waals surface area contributed by atoms with E-state index >= 15 is 0 Å². The number of nitro benzene ring substituents is 1. The molecule has 0 aliphatic heterocycles. The van der Waals surface area contributed by atoms with Crippen molar-refractivity contribution in [3.63, 3.8) is 0 Å². The van der Waals surface area contributed by atoms with Crippen LogP contribution in [0.3, 0.4) is 0 Å². The summed E-state index contributed by atoms with van der Waals surface area (Å²) in [6.07, 6.45) is 0. The standard InChI is InChI=1S/C11H6BrFN2O6/c12-7-1-5(13)2-9(15(18)19)10(7)20-4-6-3-8(11(16)17)14-21-6/h1-3H,4H2,(H,16,17). The molecule has 110 valence electrons. The third kappa shape index (κ3) is 3.34. The number of aromatic nitrogens is 1. The van der Waals surface area contributed by atoms with Crippen LogP contribution < -0.4 is 4.74 Å². The first-order chi connectivity index (χ1) is 9.88. The van der Waals surface area contributed by atoms with Gasteiger partial charge in [-0.2, -0.15) is 0 Å². The van der Waals surface area contributed by atoms with Crippen LogP contribution in [0.25, 0.3) is 0 Å². The fourth-order valence-corrected chi connectivity index (χ4v) is 1.99. The fraction of sp³-hybridized carbons (Fsp3) is 0.0909. The lowest BCUT2D eigenvalue weighted by Gasteiger charge is -2.07. The second kappa shape index (κ2) is 5.87. The Hall–Kier alpha value is -2.49. The number of hydrogen-bond acceptors (Lipinski definition) is 6. The highest BCUT2D eigenvalue weighted by Gasteiger charge is 2.21. The van der Waals surface area contributed by atoms with E-state index < -0.39 is 22.4 Å². The normalized spacial score (nSPS) is 10.4. The highest BCUT2D eigenvalue weighted by atomic mass is 79.9. The molecule has 10 heteroatoms. The largest absolute Gasteiger partial charge is 0.478 e. The van der Waals surface area contributed by atoms with Gasteiger partial charge in [0.15, 0.2) is 11.5 Å². The number of carboxylic acids is 1. The Morgan fingerprint density at radius 3 is 2.81 bits per heavy atom. The number of carbonyl (C=O) groups is 1. The number of benzene rings is 1. The molecule has 1 aromatic heterocycles. The molecule has 1 aromatic carbocycles. The van der Waals surface area contributed by atoms with E-state index in [1.165, 1.54) is 0 Å². The second-order valence-electron chi connectivity index (χ2n) is 3.77. The molecule has 0 fully saturated rings. The summed E-state index contributed by atoms with van der Waals surface area (Å²) in [6.45, 7) is -0.300. The van der Waals surface area contributed by atoms with E-state index in [1.807, 2.05) is 0 Å². The van der Waals surface area contributed by atoms with Crippen LogP contribution in [0, 0.1) is 15.9 Å². The molecule has 0 aliphatic rings. The number of rotatable bonds is 5. The average Bonchev–Trinajstić information content (AvgIpc) is 2.85. The van der Waals surface area contributed by atoms with Gasteiger partial charge < -0.3 is 14.4 Å². The first-order valence-corrected chi connectivity index (χ1v) is 6.13. The molecule has 0 radical (unpaired) electrons. The molecule has 2 rings (SSSR count). The number of nitrogens with zero attached hydrogens (tertiary/aromatic N) is 2. The summed E-state index contributed by atoms with van der Waals surface area (Å²) in [5.41, 5.74) is -0.888. The van der Waals surface area contributed by atoms with Crippen LogP contribution in [0.2, 0.25) is 0 Å². The molecule has 0 amide bonds. The first-order valence-electron chi connectivity index (χ1n) is 5.33. The molecular weight excluding hydrogens is 355 g/mol. The van der Waals surface area contributed by atoms with Crippen molar-refractivity contribution in [2.24, 2.45) is 0 Å². The Labute approximate surface area is 124 Å². The summed E-state index contributed by atoms with van der Waals surface area (Å²) in [5.74, 6) is -2.22. The van der Waals surface area contributed by atoms with Crippen molar-refractivity contribution in [3.8, 4) is 5.75 Å². The zero-order valence-electron chi connectivity index (χ0n) is 10.1. The predicted molar refractivity (Wildman–Crippen MR) is 68.5 cm³/mol. The van der Waals surface area contributed by atoms with Crippen LogP contribution in [0.15, 0.2) is 27.2 Å². The van der Waals surface area contributed by atoms with Gasteiger partial charge in [0.05, 0.1) is 15.5 Å². The van der Waals surface area contributed by atoms with E-state index in [9.17, 15) is 19.3 Å². The van der Waals surface area contributed by atoms with Gasteiger partial charge in [-0.05, 0) is 22.0 Å². The molecule has 21 heavy (non-hydrogen) atoms. The average molecular weight is 361 g/mol. The Kier molecular flexibility index (Phi) is 4.17. The highest BCUT2D eigenvalue weighted by Crippen LogP contribution is 2.36. The molecule has 0 saturated heterocycles. The lowest BCUT2D eigenvalue weighted by Crippen LogP contribution is -2.00. The molecule has 0 aliphatic carbocycles. The minimum Gasteiger partial charge on any atom is -0.478 e. The van der Waals surface area contributed by atoms with Crippen LogP contribution in [-0.2, 0) is 6.61 Å². The van der Waals surface area contributed by atoms with E-state index in [0.29, 0.717) is 6.07 Å². The third-order valence-corrected chi connectivity index (χ3v) is 2.91. The number of aromatic carboxylic acids is 1. The van der Waals surface area contributed by atoms with E-state index in [0.717, 1.165) is 12.1 Å². The summed E-state index contributed by atoms with van der Waals surface area (Å²) in [5, 5.41) is 22.8. The lowest BCUT2D eigenvalue weighted by molar-refractivity contribution is -0.386. The van der Waals surface area contributed by atoms with Crippen LogP contribution in [0.1, 0.15) is 16.2 Å². The molecule has 0 saturated carbocycles. The Morgan fingerprint density at radius 1 is 1.52 bits per heavy atom. The van der Waals surface area contributed by atoms with Gasteiger partial charge in [-0.15, -0.1) is 0 Å². The van der Waals surface area contributed by atoms with Crippen LogP contribution in [-0.4, -0.2) is 21.2 Å². The van der Waals surface area contributed by atoms with Crippen molar-refractivity contribution in [3.05, 3.63) is 50.1 Å². The first kappa shape index (κ1) is 14.9. The van der Waals surface area contributed by atoms with Gasteiger partial charge in [-0.25, -0.2) is 9.18 Å². The monoisotopic (exact) mass is 360 g/mol. The summed E-state index contributed by atoms with van der Waals surface area (Å²) in [4.78, 5) is 20.7. The number of carboxylic acid groups (broad SMARTS) is 1. The number of ether oxygens (including phenoxy) is 1. The van der Waals surface area contributed by atoms with Gasteiger partial charge in [0.1, 0.15) is 12.4 Å². The molecule has 8 nitrogen and oxygen atoms in total. The van der Waals surface area contributed by atoms with Gasteiger partial charge in [0.2, 0.25) is 5.75 Å². The van der Waals surface area contributed by atoms with Crippen molar-refractivity contribution in [2.75, 3.05) is 0 Å². The smallest absolute Gasteiger partial charge is 0.358 e. The topological polar surface area (TPSA) is 116 Å². The van der Waals surface area contributed by atoms with Crippen LogP contribution in [0.5, 0.6) is 5.75 Å². The van der Waals surface area contributed by atoms with Crippen molar-refractivity contribution in [1.82, 2.24) is 5.16 Å². The molecular formula is C11H6BrFN2O6. The van der Waals surface area contributed by atoms with Crippen molar-refractivity contribution in [2.45, 2.75) is 6.61 Å². The number of nitro groups is 1. The molecule has 1 heterocycles. The Morgan fingerprint density at radius 2 is 2.24 bits per heavy atom. The number of halogens is 2. The van der Waals surface area contributed by atoms with Crippen LogP contribution >= 0.6 is 15.9 Å². The van der Waals surface area contributed by atoms with E-state index in [2.05, 4.69) is 21.1 Å². The Balaban J connectivity index is 2.23. The summed E-state index contributed by atoms with van der Waals surface area (Å²) in [7, 11) is 0. The van der Waals surface area contributed by atoms with Gasteiger partial charge >= 0.3 is 11.7 Å². The van der Waals surface area contributed by atoms with Gasteiger partial charge in [-0.1, -0.05) is 5.16 Å². The Bertz CT molecular complexity index is 717. The second-order valence-corrected chi connectivity index (χ2v) is 4.62. The quantitative estimate of drug-likeness (QED) is 0.643. The summed E-state index contributed by atoms with van der Waals surface area (Å²) in [6, 6.07) is 2.83. The lowest BCUT2D eigenvalue weighted by atomic mass is 10.3. The fourth-order valence-electron chi connectivity index (χ4n) is 1.45. The molecule has 0 atom stereocenters.